The van der Waals surface area contributed by atoms with Crippen molar-refractivity contribution >= 4 is 23.2 Å². The highest BCUT2D eigenvalue weighted by molar-refractivity contribution is 6.04. The number of anilines is 2. The van der Waals surface area contributed by atoms with Gasteiger partial charge in [0, 0.05) is 31.0 Å². The van der Waals surface area contributed by atoms with E-state index in [0.717, 1.165) is 11.4 Å². The van der Waals surface area contributed by atoms with Crippen molar-refractivity contribution in [2.24, 2.45) is 5.92 Å². The van der Waals surface area contributed by atoms with Gasteiger partial charge in [0.15, 0.2) is 0 Å². The number of rotatable bonds is 4. The summed E-state index contributed by atoms with van der Waals surface area (Å²) in [6, 6.07) is 18.7. The Hall–Kier alpha value is -3.41. The van der Waals surface area contributed by atoms with E-state index >= 15 is 0 Å². The van der Waals surface area contributed by atoms with Gasteiger partial charge in [0.05, 0.1) is 17.3 Å². The van der Waals surface area contributed by atoms with Crippen LogP contribution in [-0.2, 0) is 9.59 Å². The molecule has 1 fully saturated rings. The van der Waals surface area contributed by atoms with Gasteiger partial charge in [-0.3, -0.25) is 9.59 Å². The van der Waals surface area contributed by atoms with Gasteiger partial charge in [-0.15, -0.1) is 0 Å². The van der Waals surface area contributed by atoms with Crippen LogP contribution in [0.25, 0.3) is 5.69 Å². The molecule has 0 aliphatic carbocycles. The van der Waals surface area contributed by atoms with Crippen molar-refractivity contribution in [2.45, 2.75) is 6.42 Å². The summed E-state index contributed by atoms with van der Waals surface area (Å²) in [6.45, 7) is 0.388. The monoisotopic (exact) mass is 346 g/mol. The highest BCUT2D eigenvalue weighted by Crippen LogP contribution is 2.27. The second kappa shape index (κ2) is 6.84. The van der Waals surface area contributed by atoms with Crippen molar-refractivity contribution in [1.82, 2.24) is 9.78 Å². The Morgan fingerprint density at radius 1 is 1.04 bits per heavy atom. The largest absolute Gasteiger partial charge is 0.324 e. The molecule has 1 aliphatic heterocycles. The number of carbonyl (C=O) groups excluding carboxylic acids is 2. The van der Waals surface area contributed by atoms with E-state index in [1.54, 1.807) is 15.8 Å². The molecule has 0 saturated carbocycles. The van der Waals surface area contributed by atoms with Crippen molar-refractivity contribution in [1.29, 1.82) is 0 Å². The third kappa shape index (κ3) is 3.09. The molecule has 0 unspecified atom stereocenters. The van der Waals surface area contributed by atoms with E-state index in [0.29, 0.717) is 12.2 Å². The number of hydrogen-bond acceptors (Lipinski definition) is 3. The Morgan fingerprint density at radius 2 is 1.81 bits per heavy atom. The van der Waals surface area contributed by atoms with Crippen molar-refractivity contribution < 1.29 is 9.59 Å². The molecule has 130 valence electrons. The first-order chi connectivity index (χ1) is 12.7. The molecular formula is C20H18N4O2. The van der Waals surface area contributed by atoms with E-state index in [2.05, 4.69) is 10.4 Å². The molecule has 3 aromatic rings. The van der Waals surface area contributed by atoms with Crippen LogP contribution in [0.15, 0.2) is 73.1 Å². The van der Waals surface area contributed by atoms with Crippen LogP contribution in [0.1, 0.15) is 6.42 Å². The summed E-state index contributed by atoms with van der Waals surface area (Å²) >= 11 is 0. The van der Waals surface area contributed by atoms with Gasteiger partial charge in [-0.2, -0.15) is 5.10 Å². The standard InChI is InChI=1S/C20H18N4O2/c25-19-13-15(14-23(19)16-7-2-1-3-8-16)20(26)22-17-9-4-5-10-18(17)24-12-6-11-21-24/h1-12,15H,13-14H2,(H,22,26)/t15-/m0/s1. The molecule has 26 heavy (non-hydrogen) atoms. The van der Waals surface area contributed by atoms with Crippen molar-refractivity contribution in [2.75, 3.05) is 16.8 Å². The molecule has 0 spiro atoms. The van der Waals surface area contributed by atoms with E-state index in [1.807, 2.05) is 66.9 Å². The summed E-state index contributed by atoms with van der Waals surface area (Å²) in [4.78, 5) is 26.7. The number of para-hydroxylation sites is 3. The van der Waals surface area contributed by atoms with Crippen LogP contribution in [0.2, 0.25) is 0 Å². The molecule has 1 N–H and O–H groups in total. The lowest BCUT2D eigenvalue weighted by atomic mass is 10.1. The van der Waals surface area contributed by atoms with Crippen molar-refractivity contribution in [3.05, 3.63) is 73.1 Å². The quantitative estimate of drug-likeness (QED) is 0.790. The number of nitrogens with zero attached hydrogens (tertiary/aromatic N) is 3. The van der Waals surface area contributed by atoms with E-state index in [1.165, 1.54) is 0 Å². The van der Waals surface area contributed by atoms with Gasteiger partial charge >= 0.3 is 0 Å². The predicted molar refractivity (Wildman–Crippen MR) is 99.1 cm³/mol. The van der Waals surface area contributed by atoms with Gasteiger partial charge in [-0.25, -0.2) is 4.68 Å². The van der Waals surface area contributed by atoms with Crippen LogP contribution in [0.3, 0.4) is 0 Å². The number of carbonyl (C=O) groups is 2. The Morgan fingerprint density at radius 3 is 2.58 bits per heavy atom. The van der Waals surface area contributed by atoms with Crippen LogP contribution in [0.4, 0.5) is 11.4 Å². The van der Waals surface area contributed by atoms with E-state index in [9.17, 15) is 9.59 Å². The molecular weight excluding hydrogens is 328 g/mol. The average molecular weight is 346 g/mol. The molecule has 1 saturated heterocycles. The zero-order chi connectivity index (χ0) is 17.9. The van der Waals surface area contributed by atoms with Gasteiger partial charge < -0.3 is 10.2 Å². The second-order valence-electron chi connectivity index (χ2n) is 6.20. The Labute approximate surface area is 151 Å². The third-order valence-corrected chi connectivity index (χ3v) is 4.48. The number of nitrogens with one attached hydrogen (secondary N) is 1. The minimum Gasteiger partial charge on any atom is -0.324 e. The fourth-order valence-electron chi connectivity index (χ4n) is 3.17. The second-order valence-corrected chi connectivity index (χ2v) is 6.20. The zero-order valence-corrected chi connectivity index (χ0v) is 14.1. The van der Waals surface area contributed by atoms with Crippen LogP contribution < -0.4 is 10.2 Å². The fraction of sp³-hybridized carbons (Fsp3) is 0.150. The van der Waals surface area contributed by atoms with Gasteiger partial charge in [-0.05, 0) is 30.3 Å². The third-order valence-electron chi connectivity index (χ3n) is 4.48. The summed E-state index contributed by atoms with van der Waals surface area (Å²) < 4.78 is 1.70. The first-order valence-corrected chi connectivity index (χ1v) is 8.48. The SMILES string of the molecule is O=C(Nc1ccccc1-n1cccn1)[C@H]1CC(=O)N(c2ccccc2)C1. The van der Waals surface area contributed by atoms with E-state index < -0.39 is 0 Å². The van der Waals surface area contributed by atoms with Gasteiger partial charge in [0.2, 0.25) is 11.8 Å². The minimum atomic E-state index is -0.381. The first-order valence-electron chi connectivity index (χ1n) is 8.48. The molecule has 2 heterocycles. The molecule has 0 radical (unpaired) electrons. The molecule has 4 rings (SSSR count). The molecule has 6 heteroatoms. The average Bonchev–Trinajstić information content (AvgIpc) is 3.33. The first kappa shape index (κ1) is 16.1. The maximum Gasteiger partial charge on any atom is 0.229 e. The Bertz CT molecular complexity index is 922. The molecule has 1 atom stereocenters. The fourth-order valence-corrected chi connectivity index (χ4v) is 3.17. The summed E-state index contributed by atoms with van der Waals surface area (Å²) in [7, 11) is 0. The maximum absolute atomic E-state index is 12.7. The highest BCUT2D eigenvalue weighted by Gasteiger charge is 2.35. The summed E-state index contributed by atoms with van der Waals surface area (Å²) in [5.74, 6) is -0.568. The van der Waals surface area contributed by atoms with Crippen molar-refractivity contribution in [3.8, 4) is 5.69 Å². The number of hydrogen-bond donors (Lipinski definition) is 1. The highest BCUT2D eigenvalue weighted by atomic mass is 16.2. The topological polar surface area (TPSA) is 67.2 Å². The number of aromatic nitrogens is 2. The zero-order valence-electron chi connectivity index (χ0n) is 14.1. The van der Waals surface area contributed by atoms with Crippen LogP contribution >= 0.6 is 0 Å². The predicted octanol–water partition coefficient (Wildman–Crippen LogP) is 2.86. The van der Waals surface area contributed by atoms with Gasteiger partial charge in [-0.1, -0.05) is 30.3 Å². The van der Waals surface area contributed by atoms with Crippen LogP contribution in [0, 0.1) is 5.92 Å². The van der Waals surface area contributed by atoms with Gasteiger partial charge in [0.25, 0.3) is 0 Å². The molecule has 0 bridgehead atoms. The van der Waals surface area contributed by atoms with Crippen LogP contribution in [0.5, 0.6) is 0 Å². The lowest BCUT2D eigenvalue weighted by molar-refractivity contribution is -0.122. The summed E-state index contributed by atoms with van der Waals surface area (Å²) in [6.07, 6.45) is 3.72. The minimum absolute atomic E-state index is 0.0308. The molecule has 2 aromatic carbocycles. The summed E-state index contributed by atoms with van der Waals surface area (Å²) in [5.41, 5.74) is 2.28. The molecule has 1 aliphatic rings. The van der Waals surface area contributed by atoms with Crippen molar-refractivity contribution in [3.63, 3.8) is 0 Å². The van der Waals surface area contributed by atoms with E-state index in [4.69, 9.17) is 0 Å². The normalized spacial score (nSPS) is 16.7. The van der Waals surface area contributed by atoms with Crippen LogP contribution in [-0.4, -0.2) is 28.1 Å². The van der Waals surface area contributed by atoms with E-state index in [-0.39, 0.29) is 24.2 Å². The smallest absolute Gasteiger partial charge is 0.229 e. The molecule has 6 nitrogen and oxygen atoms in total. The Balaban J connectivity index is 1.51. The lowest BCUT2D eigenvalue weighted by Gasteiger charge is -2.17. The summed E-state index contributed by atoms with van der Waals surface area (Å²) in [5, 5.41) is 7.17. The molecule has 2 amide bonds. The molecule has 1 aromatic heterocycles. The lowest BCUT2D eigenvalue weighted by Crippen LogP contribution is -2.28. The maximum atomic E-state index is 12.7. The van der Waals surface area contributed by atoms with Gasteiger partial charge in [0.1, 0.15) is 0 Å². The Kier molecular flexibility index (Phi) is 4.23. The number of amides is 2. The number of benzene rings is 2.